The normalized spacial score (nSPS) is 17.8. The van der Waals surface area contributed by atoms with Crippen molar-refractivity contribution in [3.05, 3.63) is 35.5 Å². The Labute approximate surface area is 134 Å². The Balaban J connectivity index is 1.84. The summed E-state index contributed by atoms with van der Waals surface area (Å²) in [5.41, 5.74) is 0.720. The van der Waals surface area contributed by atoms with Crippen LogP contribution in [0.1, 0.15) is 30.2 Å². The lowest BCUT2D eigenvalue weighted by atomic mass is 9.96. The molecule has 2 heterocycles. The molecular formula is C16H18FN5O. The van der Waals surface area contributed by atoms with E-state index < -0.39 is 5.82 Å². The maximum absolute atomic E-state index is 13.8. The van der Waals surface area contributed by atoms with E-state index in [2.05, 4.69) is 10.1 Å². The Kier molecular flexibility index (Phi) is 4.15. The molecule has 0 radical (unpaired) electrons. The molecule has 1 fully saturated rings. The van der Waals surface area contributed by atoms with Crippen molar-refractivity contribution in [1.29, 1.82) is 5.26 Å². The molecule has 1 saturated heterocycles. The van der Waals surface area contributed by atoms with Gasteiger partial charge in [-0.1, -0.05) is 6.07 Å². The van der Waals surface area contributed by atoms with E-state index in [0.29, 0.717) is 24.1 Å². The summed E-state index contributed by atoms with van der Waals surface area (Å²) in [4.78, 5) is 8.21. The van der Waals surface area contributed by atoms with Gasteiger partial charge in [0.15, 0.2) is 0 Å². The molecule has 0 N–H and O–H groups in total. The molecule has 1 aromatic carbocycles. The first-order chi connectivity index (χ1) is 11.1. The Morgan fingerprint density at radius 1 is 1.43 bits per heavy atom. The van der Waals surface area contributed by atoms with Crippen molar-refractivity contribution in [3.8, 4) is 6.07 Å². The van der Waals surface area contributed by atoms with E-state index in [-0.39, 0.29) is 11.5 Å². The van der Waals surface area contributed by atoms with Crippen molar-refractivity contribution in [2.24, 2.45) is 0 Å². The number of hydrogen-bond donors (Lipinski definition) is 0. The highest BCUT2D eigenvalue weighted by Crippen LogP contribution is 2.32. The Morgan fingerprint density at radius 2 is 2.26 bits per heavy atom. The van der Waals surface area contributed by atoms with E-state index >= 15 is 0 Å². The van der Waals surface area contributed by atoms with Crippen LogP contribution < -0.4 is 9.80 Å². The predicted octanol–water partition coefficient (Wildman–Crippen LogP) is 2.53. The van der Waals surface area contributed by atoms with Crippen LogP contribution in [0.2, 0.25) is 0 Å². The second-order valence-electron chi connectivity index (χ2n) is 5.86. The quantitative estimate of drug-likeness (QED) is 0.867. The van der Waals surface area contributed by atoms with E-state index in [0.717, 1.165) is 19.4 Å². The number of piperidine rings is 1. The molecule has 1 aliphatic heterocycles. The molecule has 1 atom stereocenters. The minimum atomic E-state index is -0.486. The van der Waals surface area contributed by atoms with Crippen LogP contribution in [-0.4, -0.2) is 37.3 Å². The molecule has 7 heteroatoms. The SMILES string of the molecule is CN(C)c1noc([C@H]2CCCN(c3cccc(F)c3C#N)C2)n1. The summed E-state index contributed by atoms with van der Waals surface area (Å²) in [5.74, 6) is 0.730. The minimum absolute atomic E-state index is 0.0831. The highest BCUT2D eigenvalue weighted by Gasteiger charge is 2.28. The van der Waals surface area contributed by atoms with E-state index in [4.69, 9.17) is 4.52 Å². The van der Waals surface area contributed by atoms with Crippen LogP contribution in [0.15, 0.2) is 22.7 Å². The third kappa shape index (κ3) is 2.97. The maximum atomic E-state index is 13.8. The van der Waals surface area contributed by atoms with Crippen LogP contribution in [0.25, 0.3) is 0 Å². The number of anilines is 2. The first-order valence-corrected chi connectivity index (χ1v) is 7.54. The molecule has 120 valence electrons. The van der Waals surface area contributed by atoms with Crippen molar-refractivity contribution in [2.75, 3.05) is 37.0 Å². The molecule has 0 amide bonds. The van der Waals surface area contributed by atoms with E-state index in [1.165, 1.54) is 6.07 Å². The molecule has 23 heavy (non-hydrogen) atoms. The Hall–Kier alpha value is -2.62. The molecule has 3 rings (SSSR count). The molecule has 0 spiro atoms. The van der Waals surface area contributed by atoms with Gasteiger partial charge in [-0.05, 0) is 30.1 Å². The zero-order chi connectivity index (χ0) is 16.4. The van der Waals surface area contributed by atoms with Gasteiger partial charge in [-0.25, -0.2) is 4.39 Å². The van der Waals surface area contributed by atoms with Crippen molar-refractivity contribution in [3.63, 3.8) is 0 Å². The second kappa shape index (κ2) is 6.24. The largest absolute Gasteiger partial charge is 0.370 e. The smallest absolute Gasteiger partial charge is 0.265 e. The topological polar surface area (TPSA) is 69.2 Å². The lowest BCUT2D eigenvalue weighted by molar-refractivity contribution is 0.333. The molecule has 0 aliphatic carbocycles. The van der Waals surface area contributed by atoms with Gasteiger partial charge >= 0.3 is 0 Å². The van der Waals surface area contributed by atoms with Crippen LogP contribution in [0.4, 0.5) is 16.0 Å². The fraction of sp³-hybridized carbons (Fsp3) is 0.438. The molecule has 1 aliphatic rings. The maximum Gasteiger partial charge on any atom is 0.265 e. The van der Waals surface area contributed by atoms with Crippen LogP contribution >= 0.6 is 0 Å². The molecular weight excluding hydrogens is 297 g/mol. The predicted molar refractivity (Wildman–Crippen MR) is 83.9 cm³/mol. The summed E-state index contributed by atoms with van der Waals surface area (Å²) in [6.07, 6.45) is 1.86. The van der Waals surface area contributed by atoms with Gasteiger partial charge in [0.25, 0.3) is 5.95 Å². The van der Waals surface area contributed by atoms with Gasteiger partial charge < -0.3 is 14.3 Å². The first kappa shape index (κ1) is 15.3. The van der Waals surface area contributed by atoms with Gasteiger partial charge in [0.2, 0.25) is 5.89 Å². The zero-order valence-electron chi connectivity index (χ0n) is 13.2. The van der Waals surface area contributed by atoms with Crippen LogP contribution in [0.5, 0.6) is 0 Å². The average Bonchev–Trinajstić information content (AvgIpc) is 3.05. The zero-order valence-corrected chi connectivity index (χ0v) is 13.2. The molecule has 1 aromatic heterocycles. The standard InChI is InChI=1S/C16H18FN5O/c1-21(2)16-19-15(23-20-16)11-5-4-8-22(10-11)14-7-3-6-13(17)12(14)9-18/h3,6-7,11H,4-5,8,10H2,1-2H3/t11-/m0/s1. The van der Waals surface area contributed by atoms with Crippen LogP contribution in [0, 0.1) is 17.1 Å². The van der Waals surface area contributed by atoms with E-state index in [1.807, 2.05) is 25.1 Å². The van der Waals surface area contributed by atoms with Crippen LogP contribution in [0.3, 0.4) is 0 Å². The monoisotopic (exact) mass is 315 g/mol. The molecule has 2 aromatic rings. The Morgan fingerprint density at radius 3 is 2.96 bits per heavy atom. The lowest BCUT2D eigenvalue weighted by Crippen LogP contribution is -2.35. The number of hydrogen-bond acceptors (Lipinski definition) is 6. The minimum Gasteiger partial charge on any atom is -0.370 e. The van der Waals surface area contributed by atoms with Crippen molar-refractivity contribution >= 4 is 11.6 Å². The van der Waals surface area contributed by atoms with Gasteiger partial charge in [0, 0.05) is 27.2 Å². The summed E-state index contributed by atoms with van der Waals surface area (Å²) in [5, 5.41) is 13.2. The van der Waals surface area contributed by atoms with E-state index in [1.54, 1.807) is 17.0 Å². The summed E-state index contributed by atoms with van der Waals surface area (Å²) >= 11 is 0. The molecule has 6 nitrogen and oxygen atoms in total. The number of nitrogens with zero attached hydrogens (tertiary/aromatic N) is 5. The van der Waals surface area contributed by atoms with Gasteiger partial charge in [0.05, 0.1) is 11.6 Å². The average molecular weight is 315 g/mol. The Bertz CT molecular complexity index is 736. The van der Waals surface area contributed by atoms with Gasteiger partial charge in [-0.3, -0.25) is 0 Å². The van der Waals surface area contributed by atoms with Crippen molar-refractivity contribution in [1.82, 2.24) is 10.1 Å². The number of benzene rings is 1. The van der Waals surface area contributed by atoms with Crippen molar-refractivity contribution < 1.29 is 8.91 Å². The number of rotatable bonds is 3. The summed E-state index contributed by atoms with van der Waals surface area (Å²) in [7, 11) is 3.71. The van der Waals surface area contributed by atoms with Gasteiger partial charge in [-0.2, -0.15) is 10.2 Å². The summed E-state index contributed by atoms with van der Waals surface area (Å²) in [6, 6.07) is 6.68. The number of aromatic nitrogens is 2. The summed E-state index contributed by atoms with van der Waals surface area (Å²) in [6.45, 7) is 1.41. The summed E-state index contributed by atoms with van der Waals surface area (Å²) < 4.78 is 19.2. The highest BCUT2D eigenvalue weighted by atomic mass is 19.1. The molecule has 0 unspecified atom stereocenters. The number of halogens is 1. The van der Waals surface area contributed by atoms with E-state index in [9.17, 15) is 9.65 Å². The third-order valence-electron chi connectivity index (χ3n) is 4.05. The first-order valence-electron chi connectivity index (χ1n) is 7.54. The van der Waals surface area contributed by atoms with Gasteiger partial charge in [-0.15, -0.1) is 0 Å². The fourth-order valence-electron chi connectivity index (χ4n) is 2.86. The third-order valence-corrected chi connectivity index (χ3v) is 4.05. The second-order valence-corrected chi connectivity index (χ2v) is 5.86. The van der Waals surface area contributed by atoms with Crippen molar-refractivity contribution in [2.45, 2.75) is 18.8 Å². The molecule has 0 saturated carbocycles. The number of nitriles is 1. The highest BCUT2D eigenvalue weighted by molar-refractivity contribution is 5.60. The lowest BCUT2D eigenvalue weighted by Gasteiger charge is -2.33. The van der Waals surface area contributed by atoms with Crippen LogP contribution in [-0.2, 0) is 0 Å². The van der Waals surface area contributed by atoms with Gasteiger partial charge in [0.1, 0.15) is 17.4 Å². The molecule has 0 bridgehead atoms. The fourth-order valence-corrected chi connectivity index (χ4v) is 2.86.